The van der Waals surface area contributed by atoms with Crippen LogP contribution in [0.1, 0.15) is 0 Å². The normalized spacial score (nSPS) is 10.8. The molecule has 0 unspecified atom stereocenters. The molecule has 0 saturated carbocycles. The van der Waals surface area contributed by atoms with Gasteiger partial charge >= 0.3 is 5.69 Å². The van der Waals surface area contributed by atoms with Gasteiger partial charge < -0.3 is 4.74 Å². The fourth-order valence-electron chi connectivity index (χ4n) is 2.41. The van der Waals surface area contributed by atoms with Crippen LogP contribution in [0, 0.1) is 10.1 Å². The van der Waals surface area contributed by atoms with E-state index in [4.69, 9.17) is 4.74 Å². The molecule has 94 valence electrons. The van der Waals surface area contributed by atoms with Crippen LogP contribution in [0.15, 0.2) is 48.5 Å². The van der Waals surface area contributed by atoms with Gasteiger partial charge in [0.1, 0.15) is 0 Å². The SMILES string of the molecule is COc1ccc2ccc3ccccc3c2c1[N+](=O)[O-]. The van der Waals surface area contributed by atoms with Gasteiger partial charge in [0.25, 0.3) is 0 Å². The lowest BCUT2D eigenvalue weighted by atomic mass is 10.0. The first kappa shape index (κ1) is 11.5. The van der Waals surface area contributed by atoms with E-state index in [9.17, 15) is 10.1 Å². The summed E-state index contributed by atoms with van der Waals surface area (Å²) in [5.41, 5.74) is 0.0248. The molecule has 0 aliphatic heterocycles. The van der Waals surface area contributed by atoms with Crippen molar-refractivity contribution in [1.29, 1.82) is 0 Å². The third-order valence-electron chi connectivity index (χ3n) is 3.25. The van der Waals surface area contributed by atoms with E-state index in [1.165, 1.54) is 7.11 Å². The standard InChI is InChI=1S/C15H11NO3/c1-19-13-9-8-11-7-6-10-4-2-3-5-12(10)14(11)15(13)16(17)18/h2-9H,1H3. The maximum absolute atomic E-state index is 11.4. The number of nitrogens with zero attached hydrogens (tertiary/aromatic N) is 1. The lowest BCUT2D eigenvalue weighted by Crippen LogP contribution is -1.95. The summed E-state index contributed by atoms with van der Waals surface area (Å²) in [6.07, 6.45) is 0. The molecule has 3 aromatic rings. The number of methoxy groups -OCH3 is 1. The van der Waals surface area contributed by atoms with Crippen LogP contribution in [-0.2, 0) is 0 Å². The van der Waals surface area contributed by atoms with Gasteiger partial charge in [0, 0.05) is 0 Å². The lowest BCUT2D eigenvalue weighted by Gasteiger charge is -2.07. The second-order valence-electron chi connectivity index (χ2n) is 4.26. The van der Waals surface area contributed by atoms with Crippen molar-refractivity contribution >= 4 is 27.2 Å². The first-order valence-electron chi connectivity index (χ1n) is 5.85. The Hall–Kier alpha value is -2.62. The topological polar surface area (TPSA) is 52.4 Å². The Morgan fingerprint density at radius 1 is 1.00 bits per heavy atom. The van der Waals surface area contributed by atoms with Gasteiger partial charge in [0.05, 0.1) is 17.4 Å². The summed E-state index contributed by atoms with van der Waals surface area (Å²) < 4.78 is 5.12. The molecule has 0 aromatic heterocycles. The van der Waals surface area contributed by atoms with E-state index in [0.717, 1.165) is 16.2 Å². The Morgan fingerprint density at radius 2 is 1.68 bits per heavy atom. The first-order valence-corrected chi connectivity index (χ1v) is 5.85. The number of hydrogen-bond donors (Lipinski definition) is 0. The second-order valence-corrected chi connectivity index (χ2v) is 4.26. The van der Waals surface area contributed by atoms with Crippen molar-refractivity contribution < 1.29 is 9.66 Å². The minimum absolute atomic E-state index is 0.0248. The minimum atomic E-state index is -0.381. The molecule has 0 atom stereocenters. The van der Waals surface area contributed by atoms with Gasteiger partial charge in [-0.3, -0.25) is 10.1 Å². The van der Waals surface area contributed by atoms with Gasteiger partial charge in [-0.2, -0.15) is 0 Å². The predicted molar refractivity (Wildman–Crippen MR) is 74.7 cm³/mol. The van der Waals surface area contributed by atoms with Crippen molar-refractivity contribution in [3.63, 3.8) is 0 Å². The van der Waals surface area contributed by atoms with Gasteiger partial charge in [-0.1, -0.05) is 42.5 Å². The zero-order valence-corrected chi connectivity index (χ0v) is 10.3. The van der Waals surface area contributed by atoms with Crippen LogP contribution in [0.2, 0.25) is 0 Å². The Kier molecular flexibility index (Phi) is 2.56. The molecule has 0 N–H and O–H groups in total. The van der Waals surface area contributed by atoms with E-state index in [2.05, 4.69) is 0 Å². The molecule has 0 spiro atoms. The Labute approximate surface area is 109 Å². The van der Waals surface area contributed by atoms with E-state index < -0.39 is 0 Å². The highest BCUT2D eigenvalue weighted by Crippen LogP contribution is 2.39. The van der Waals surface area contributed by atoms with E-state index in [-0.39, 0.29) is 16.4 Å². The molecule has 0 saturated heterocycles. The molecule has 0 amide bonds. The number of hydrogen-bond acceptors (Lipinski definition) is 3. The smallest absolute Gasteiger partial charge is 0.319 e. The second kappa shape index (κ2) is 4.24. The number of nitro benzene ring substituents is 1. The number of benzene rings is 3. The van der Waals surface area contributed by atoms with Crippen molar-refractivity contribution in [2.45, 2.75) is 0 Å². The highest BCUT2D eigenvalue weighted by molar-refractivity contribution is 6.13. The Morgan fingerprint density at radius 3 is 2.42 bits per heavy atom. The Balaban J connectivity index is 2.58. The van der Waals surface area contributed by atoms with Gasteiger partial charge in [-0.15, -0.1) is 0 Å². The van der Waals surface area contributed by atoms with Gasteiger partial charge in [-0.25, -0.2) is 0 Å². The Bertz CT molecular complexity index is 796. The molecule has 19 heavy (non-hydrogen) atoms. The molecule has 0 aliphatic carbocycles. The van der Waals surface area contributed by atoms with E-state index >= 15 is 0 Å². The van der Waals surface area contributed by atoms with Crippen molar-refractivity contribution in [3.05, 3.63) is 58.6 Å². The average Bonchev–Trinajstić information content (AvgIpc) is 2.45. The van der Waals surface area contributed by atoms with Gasteiger partial charge in [-0.05, 0) is 22.2 Å². The third-order valence-corrected chi connectivity index (χ3v) is 3.25. The van der Waals surface area contributed by atoms with E-state index in [1.54, 1.807) is 6.07 Å². The van der Waals surface area contributed by atoms with Crippen LogP contribution in [0.4, 0.5) is 5.69 Å². The maximum Gasteiger partial charge on any atom is 0.319 e. The van der Waals surface area contributed by atoms with Crippen LogP contribution < -0.4 is 4.74 Å². The van der Waals surface area contributed by atoms with Gasteiger partial charge in [0.2, 0.25) is 0 Å². The van der Waals surface area contributed by atoms with E-state index in [0.29, 0.717) is 5.39 Å². The summed E-state index contributed by atoms with van der Waals surface area (Å²) in [6.45, 7) is 0. The van der Waals surface area contributed by atoms with Crippen molar-refractivity contribution in [3.8, 4) is 5.75 Å². The molecule has 0 fully saturated rings. The van der Waals surface area contributed by atoms with Crippen LogP contribution in [0.5, 0.6) is 5.75 Å². The van der Waals surface area contributed by atoms with E-state index in [1.807, 2.05) is 42.5 Å². The number of nitro groups is 1. The quantitative estimate of drug-likeness (QED) is 0.395. The summed E-state index contributed by atoms with van der Waals surface area (Å²) in [5.74, 6) is 0.286. The number of ether oxygens (including phenoxy) is 1. The molecule has 0 bridgehead atoms. The molecular formula is C15H11NO3. The van der Waals surface area contributed by atoms with Gasteiger partial charge in [0.15, 0.2) is 5.75 Å². The van der Waals surface area contributed by atoms with Crippen LogP contribution >= 0.6 is 0 Å². The average molecular weight is 253 g/mol. The molecule has 4 heteroatoms. The van der Waals surface area contributed by atoms with Crippen LogP contribution in [0.25, 0.3) is 21.5 Å². The summed E-state index contributed by atoms with van der Waals surface area (Å²) in [5, 5.41) is 14.7. The van der Waals surface area contributed by atoms with Crippen molar-refractivity contribution in [2.24, 2.45) is 0 Å². The first-order chi connectivity index (χ1) is 9.22. The fourth-order valence-corrected chi connectivity index (χ4v) is 2.41. The largest absolute Gasteiger partial charge is 0.490 e. The molecule has 0 aliphatic rings. The molecule has 3 rings (SSSR count). The van der Waals surface area contributed by atoms with Crippen LogP contribution in [-0.4, -0.2) is 12.0 Å². The van der Waals surface area contributed by atoms with Crippen LogP contribution in [0.3, 0.4) is 0 Å². The highest BCUT2D eigenvalue weighted by atomic mass is 16.6. The molecular weight excluding hydrogens is 242 g/mol. The zero-order valence-electron chi connectivity index (χ0n) is 10.3. The third kappa shape index (κ3) is 1.69. The summed E-state index contributed by atoms with van der Waals surface area (Å²) in [4.78, 5) is 11.0. The summed E-state index contributed by atoms with van der Waals surface area (Å²) in [7, 11) is 1.44. The summed E-state index contributed by atoms with van der Waals surface area (Å²) >= 11 is 0. The molecule has 3 aromatic carbocycles. The minimum Gasteiger partial charge on any atom is -0.490 e. The molecule has 0 radical (unpaired) electrons. The summed E-state index contributed by atoms with van der Waals surface area (Å²) in [6, 6.07) is 15.0. The maximum atomic E-state index is 11.4. The lowest BCUT2D eigenvalue weighted by molar-refractivity contribution is -0.383. The monoisotopic (exact) mass is 253 g/mol. The number of rotatable bonds is 2. The molecule has 4 nitrogen and oxygen atoms in total. The predicted octanol–water partition coefficient (Wildman–Crippen LogP) is 3.91. The zero-order chi connectivity index (χ0) is 13.4. The fraction of sp³-hybridized carbons (Fsp3) is 0.0667. The number of fused-ring (bicyclic) bond motifs is 3. The van der Waals surface area contributed by atoms with Crippen molar-refractivity contribution in [2.75, 3.05) is 7.11 Å². The highest BCUT2D eigenvalue weighted by Gasteiger charge is 2.20. The molecule has 0 heterocycles. The van der Waals surface area contributed by atoms with Crippen molar-refractivity contribution in [1.82, 2.24) is 0 Å².